The third-order valence-corrected chi connectivity index (χ3v) is 6.13. The Hall–Kier alpha value is -1.40. The van der Waals surface area contributed by atoms with E-state index in [0.717, 1.165) is 0 Å². The summed E-state index contributed by atoms with van der Waals surface area (Å²) in [6.45, 7) is 2.01. The number of ether oxygens (including phenoxy) is 2. The molecule has 0 saturated heterocycles. The van der Waals surface area contributed by atoms with Crippen molar-refractivity contribution in [1.29, 1.82) is 0 Å². The van der Waals surface area contributed by atoms with Crippen molar-refractivity contribution in [3.63, 3.8) is 0 Å². The van der Waals surface area contributed by atoms with Crippen LogP contribution in [-0.2, 0) is 4.57 Å². The number of nitrogens with one attached hydrogen (secondary N) is 3. The third-order valence-electron chi connectivity index (χ3n) is 4.51. The fourth-order valence-electron chi connectivity index (χ4n) is 2.63. The van der Waals surface area contributed by atoms with Gasteiger partial charge in [0.1, 0.15) is 24.9 Å². The molecule has 1 aromatic carbocycles. The lowest BCUT2D eigenvalue weighted by atomic mass is 10.0. The molecule has 3 N–H and O–H groups in total. The lowest BCUT2D eigenvalue weighted by Crippen LogP contribution is -2.55. The zero-order valence-electron chi connectivity index (χ0n) is 15.9. The normalized spacial score (nSPS) is 14.0. The second kappa shape index (κ2) is 9.92. The number of carbonyl (C=O) groups is 1. The second-order valence-electron chi connectivity index (χ2n) is 6.02. The van der Waals surface area contributed by atoms with Crippen molar-refractivity contribution in [2.75, 3.05) is 41.5 Å². The van der Waals surface area contributed by atoms with Crippen LogP contribution >= 0.6 is 7.80 Å². The predicted molar refractivity (Wildman–Crippen MR) is 102 cm³/mol. The first-order valence-corrected chi connectivity index (χ1v) is 9.80. The summed E-state index contributed by atoms with van der Waals surface area (Å²) in [4.78, 5) is 12.8. The van der Waals surface area contributed by atoms with Crippen molar-refractivity contribution in [2.45, 2.75) is 25.0 Å². The lowest BCUT2D eigenvalue weighted by molar-refractivity contribution is 0.107. The number of carbonyl (C=O) groups excluding carboxylic acids is 1. The van der Waals surface area contributed by atoms with Crippen molar-refractivity contribution in [3.05, 3.63) is 23.8 Å². The second-order valence-corrected chi connectivity index (χ2v) is 7.72. The Balaban J connectivity index is 2.98. The lowest BCUT2D eigenvalue weighted by Gasteiger charge is -2.32. The van der Waals surface area contributed by atoms with Gasteiger partial charge in [-0.05, 0) is 46.6 Å². The Morgan fingerprint density at radius 3 is 2.08 bits per heavy atom. The van der Waals surface area contributed by atoms with E-state index in [0.29, 0.717) is 17.9 Å². The largest absolute Gasteiger partial charge is 0.496 e. The molecule has 1 rings (SSSR count). The average molecular weight is 371 g/mol. The number of hydrogen-bond acceptors (Lipinski definition) is 7. The Morgan fingerprint density at radius 2 is 1.68 bits per heavy atom. The molecule has 0 bridgehead atoms. The quantitative estimate of drug-likeness (QED) is 0.402. The number of methoxy groups -OCH3 is 2. The number of benzene rings is 1. The first kappa shape index (κ1) is 21.6. The van der Waals surface area contributed by atoms with Crippen LogP contribution in [0.3, 0.4) is 0 Å². The highest BCUT2D eigenvalue weighted by molar-refractivity contribution is 7.64. The van der Waals surface area contributed by atoms with E-state index in [1.54, 1.807) is 25.2 Å². The Kier molecular flexibility index (Phi) is 8.59. The van der Waals surface area contributed by atoms with Gasteiger partial charge < -0.3 is 30.0 Å². The van der Waals surface area contributed by atoms with Gasteiger partial charge in [-0.25, -0.2) is 0 Å². The van der Waals surface area contributed by atoms with E-state index in [-0.39, 0.29) is 23.4 Å². The van der Waals surface area contributed by atoms with E-state index in [9.17, 15) is 9.36 Å². The molecule has 0 amide bonds. The third kappa shape index (κ3) is 5.54. The summed E-state index contributed by atoms with van der Waals surface area (Å²) in [5, 5.41) is 9.55. The van der Waals surface area contributed by atoms with Crippen molar-refractivity contribution in [1.82, 2.24) is 16.0 Å². The minimum absolute atomic E-state index is 0.0825. The van der Waals surface area contributed by atoms with Gasteiger partial charge in [-0.3, -0.25) is 4.79 Å². The van der Waals surface area contributed by atoms with Crippen LogP contribution in [0.1, 0.15) is 23.7 Å². The number of hydrogen-bond donors (Lipinski definition) is 3. The summed E-state index contributed by atoms with van der Waals surface area (Å²) in [5.74, 6) is 0.748. The van der Waals surface area contributed by atoms with Crippen molar-refractivity contribution >= 4 is 13.3 Å². The highest BCUT2D eigenvalue weighted by Gasteiger charge is 2.29. The van der Waals surface area contributed by atoms with Gasteiger partial charge in [-0.15, -0.1) is 0 Å². The Bertz CT molecular complexity index is 583. The van der Waals surface area contributed by atoms with Gasteiger partial charge in [0.05, 0.1) is 19.9 Å². The van der Waals surface area contributed by atoms with E-state index >= 15 is 0 Å². The van der Waals surface area contributed by atoms with Gasteiger partial charge in [0.2, 0.25) is 5.52 Å². The van der Waals surface area contributed by atoms with Crippen molar-refractivity contribution in [3.8, 4) is 11.5 Å². The van der Waals surface area contributed by atoms with E-state index in [2.05, 4.69) is 16.0 Å². The molecule has 0 radical (unpaired) electrons. The molecule has 8 heteroatoms. The molecule has 1 aromatic rings. The highest BCUT2D eigenvalue weighted by atomic mass is 31.1. The topological polar surface area (TPSA) is 88.7 Å². The van der Waals surface area contributed by atoms with Crippen LogP contribution in [0, 0.1) is 0 Å². The summed E-state index contributed by atoms with van der Waals surface area (Å²) >= 11 is 0. The molecule has 142 valence electrons. The maximum atomic E-state index is 12.8. The molecule has 2 atom stereocenters. The molecule has 0 fully saturated rings. The molecular weight excluding hydrogens is 341 g/mol. The van der Waals surface area contributed by atoms with Crippen LogP contribution < -0.4 is 25.4 Å². The minimum atomic E-state index is -2.55. The molecule has 0 aromatic heterocycles. The maximum Gasteiger partial charge on any atom is 0.226 e. The van der Waals surface area contributed by atoms with Crippen LogP contribution in [-0.4, -0.2) is 58.8 Å². The van der Waals surface area contributed by atoms with Gasteiger partial charge in [-0.1, -0.05) is 6.07 Å². The standard InChI is InChI=1S/C17H30N3O4P/c1-17(19-3,20-4)10-12(18-2)11-25(22)16(21)15-13(23-5)8-7-9-14(15)24-6/h7-9,12,18-20,25H,10-11H2,1-6H3. The molecule has 0 aliphatic carbocycles. The predicted octanol–water partition coefficient (Wildman–Crippen LogP) is 1.54. The number of rotatable bonds is 11. The maximum absolute atomic E-state index is 12.8. The molecule has 0 aliphatic rings. The molecule has 25 heavy (non-hydrogen) atoms. The fraction of sp³-hybridized carbons (Fsp3) is 0.588. The molecule has 0 saturated carbocycles. The van der Waals surface area contributed by atoms with E-state index < -0.39 is 13.3 Å². The minimum Gasteiger partial charge on any atom is -0.496 e. The SMILES string of the molecule is CNC(C[PH](=O)C(=O)c1c(OC)cccc1OC)CC(C)(NC)NC. The molecule has 0 aliphatic heterocycles. The van der Waals surface area contributed by atoms with Crippen LogP contribution in [0.25, 0.3) is 0 Å². The zero-order valence-corrected chi connectivity index (χ0v) is 16.9. The van der Waals surface area contributed by atoms with Crippen molar-refractivity contribution in [2.24, 2.45) is 0 Å². The first-order valence-electron chi connectivity index (χ1n) is 8.19. The van der Waals surface area contributed by atoms with Gasteiger partial charge in [-0.2, -0.15) is 0 Å². The summed E-state index contributed by atoms with van der Waals surface area (Å²) in [5.41, 5.74) is -0.493. The van der Waals surface area contributed by atoms with Gasteiger partial charge in [0.15, 0.2) is 0 Å². The summed E-state index contributed by atoms with van der Waals surface area (Å²) in [6.07, 6.45) is 0.934. The molecule has 0 heterocycles. The van der Waals surface area contributed by atoms with E-state index in [1.165, 1.54) is 14.2 Å². The van der Waals surface area contributed by atoms with Gasteiger partial charge >= 0.3 is 0 Å². The molecule has 2 unspecified atom stereocenters. The van der Waals surface area contributed by atoms with Crippen LogP contribution in [0.15, 0.2) is 18.2 Å². The fourth-order valence-corrected chi connectivity index (χ4v) is 4.14. The molecule has 7 nitrogen and oxygen atoms in total. The first-order chi connectivity index (χ1) is 11.9. The smallest absolute Gasteiger partial charge is 0.226 e. The highest BCUT2D eigenvalue weighted by Crippen LogP contribution is 2.38. The van der Waals surface area contributed by atoms with Crippen LogP contribution in [0.5, 0.6) is 11.5 Å². The van der Waals surface area contributed by atoms with E-state index in [1.807, 2.05) is 21.0 Å². The average Bonchev–Trinajstić information content (AvgIpc) is 2.65. The van der Waals surface area contributed by atoms with Crippen LogP contribution in [0.4, 0.5) is 0 Å². The summed E-state index contributed by atoms with van der Waals surface area (Å²) in [6, 6.07) is 4.98. The zero-order chi connectivity index (χ0) is 19.0. The molecule has 0 spiro atoms. The monoisotopic (exact) mass is 371 g/mol. The van der Waals surface area contributed by atoms with Gasteiger partial charge in [0.25, 0.3) is 0 Å². The van der Waals surface area contributed by atoms with Crippen LogP contribution in [0.2, 0.25) is 0 Å². The summed E-state index contributed by atoms with van der Waals surface area (Å²) < 4.78 is 23.2. The molecular formula is C17H30N3O4P. The Labute approximate surface area is 150 Å². The summed E-state index contributed by atoms with van der Waals surface area (Å²) in [7, 11) is 5.93. The van der Waals surface area contributed by atoms with Crippen molar-refractivity contribution < 1.29 is 18.8 Å². The Morgan fingerprint density at radius 1 is 1.16 bits per heavy atom. The van der Waals surface area contributed by atoms with E-state index in [4.69, 9.17) is 9.47 Å². The van der Waals surface area contributed by atoms with Gasteiger partial charge in [0, 0.05) is 12.2 Å².